The highest BCUT2D eigenvalue weighted by molar-refractivity contribution is 5.43. The number of aromatic nitrogens is 1. The molecule has 0 fully saturated rings. The van der Waals surface area contributed by atoms with Crippen LogP contribution in [0.1, 0.15) is 12.0 Å². The molecule has 1 heterocycles. The Morgan fingerprint density at radius 2 is 2.18 bits per heavy atom. The summed E-state index contributed by atoms with van der Waals surface area (Å²) in [5, 5.41) is 8.74. The van der Waals surface area contributed by atoms with Crippen molar-refractivity contribution >= 4 is 5.82 Å². The van der Waals surface area contributed by atoms with E-state index in [1.165, 1.54) is 0 Å². The Balaban J connectivity index is 3.13. The van der Waals surface area contributed by atoms with E-state index in [0.29, 0.717) is 0 Å². The number of hydrogen-bond donors (Lipinski definition) is 2. The molecule has 0 aromatic carbocycles. The average Bonchev–Trinajstić information content (AvgIpc) is 1.94. The van der Waals surface area contributed by atoms with Crippen molar-refractivity contribution in [2.24, 2.45) is 0 Å². The molecule has 0 bridgehead atoms. The lowest BCUT2D eigenvalue weighted by Gasteiger charge is -2.02. The first-order valence-corrected chi connectivity index (χ1v) is 2.84. The van der Waals surface area contributed by atoms with Crippen molar-refractivity contribution in [3.05, 3.63) is 17.8 Å². The van der Waals surface area contributed by atoms with Crippen LogP contribution in [0.25, 0.3) is 0 Å². The number of anilines is 1. The number of nitrogen functional groups attached to an aromatic ring is 1. The number of rotatable bonds is 1. The molecule has 3 nitrogen and oxygen atoms in total. The first kappa shape index (κ1) is 7.71. The SMILES string of the molecule is Nc1ncc(O)cc1C(F)F. The van der Waals surface area contributed by atoms with Gasteiger partial charge in [-0.1, -0.05) is 0 Å². The van der Waals surface area contributed by atoms with Gasteiger partial charge in [0.2, 0.25) is 0 Å². The molecule has 0 saturated carbocycles. The van der Waals surface area contributed by atoms with Crippen LogP contribution in [0.15, 0.2) is 12.3 Å². The van der Waals surface area contributed by atoms with E-state index in [0.717, 1.165) is 12.3 Å². The molecule has 1 aromatic rings. The smallest absolute Gasteiger partial charge is 0.267 e. The van der Waals surface area contributed by atoms with Gasteiger partial charge in [0.1, 0.15) is 11.6 Å². The number of halogens is 2. The van der Waals surface area contributed by atoms with E-state index in [2.05, 4.69) is 4.98 Å². The van der Waals surface area contributed by atoms with Gasteiger partial charge in [-0.3, -0.25) is 0 Å². The highest BCUT2D eigenvalue weighted by atomic mass is 19.3. The van der Waals surface area contributed by atoms with Gasteiger partial charge in [-0.15, -0.1) is 0 Å². The molecule has 5 heteroatoms. The quantitative estimate of drug-likeness (QED) is 0.651. The second kappa shape index (κ2) is 2.69. The van der Waals surface area contributed by atoms with Gasteiger partial charge in [0, 0.05) is 0 Å². The molecule has 1 rings (SSSR count). The van der Waals surface area contributed by atoms with Crippen LogP contribution >= 0.6 is 0 Å². The molecule has 0 aliphatic rings. The molecule has 0 aliphatic heterocycles. The lowest BCUT2D eigenvalue weighted by molar-refractivity contribution is 0.151. The number of alkyl halides is 2. The summed E-state index contributed by atoms with van der Waals surface area (Å²) in [4.78, 5) is 3.35. The summed E-state index contributed by atoms with van der Waals surface area (Å²) in [6, 6.07) is 0.896. The fraction of sp³-hybridized carbons (Fsp3) is 0.167. The maximum absolute atomic E-state index is 12.0. The zero-order valence-corrected chi connectivity index (χ0v) is 5.46. The lowest BCUT2D eigenvalue weighted by Crippen LogP contribution is -1.96. The van der Waals surface area contributed by atoms with Crippen LogP contribution < -0.4 is 5.73 Å². The second-order valence-electron chi connectivity index (χ2n) is 1.97. The number of aromatic hydroxyl groups is 1. The Bertz CT molecular complexity index is 265. The summed E-state index contributed by atoms with van der Waals surface area (Å²) in [5.41, 5.74) is 4.65. The van der Waals surface area contributed by atoms with Gasteiger partial charge in [0.05, 0.1) is 11.8 Å². The van der Waals surface area contributed by atoms with Crippen LogP contribution in [0, 0.1) is 0 Å². The normalized spacial score (nSPS) is 10.5. The Hall–Kier alpha value is -1.39. The van der Waals surface area contributed by atoms with Crippen molar-refractivity contribution in [3.8, 4) is 5.75 Å². The van der Waals surface area contributed by atoms with Crippen molar-refractivity contribution in [2.45, 2.75) is 6.43 Å². The zero-order valence-electron chi connectivity index (χ0n) is 5.46. The van der Waals surface area contributed by atoms with E-state index in [1.54, 1.807) is 0 Å². The van der Waals surface area contributed by atoms with Crippen LogP contribution in [-0.2, 0) is 0 Å². The summed E-state index contributed by atoms with van der Waals surface area (Å²) in [5.74, 6) is -0.563. The van der Waals surface area contributed by atoms with Crippen molar-refractivity contribution in [2.75, 3.05) is 5.73 Å². The first-order chi connectivity index (χ1) is 5.11. The van der Waals surface area contributed by atoms with E-state index < -0.39 is 12.0 Å². The Morgan fingerprint density at radius 3 is 2.64 bits per heavy atom. The van der Waals surface area contributed by atoms with Crippen molar-refractivity contribution in [1.82, 2.24) is 4.98 Å². The van der Waals surface area contributed by atoms with E-state index in [-0.39, 0.29) is 11.6 Å². The maximum Gasteiger partial charge on any atom is 0.267 e. The van der Waals surface area contributed by atoms with Gasteiger partial charge in [-0.25, -0.2) is 13.8 Å². The molecule has 0 saturated heterocycles. The Morgan fingerprint density at radius 1 is 1.55 bits per heavy atom. The number of pyridine rings is 1. The minimum absolute atomic E-state index is 0.252. The summed E-state index contributed by atoms with van der Waals surface area (Å²) < 4.78 is 24.0. The summed E-state index contributed by atoms with van der Waals surface area (Å²) >= 11 is 0. The molecule has 60 valence electrons. The molecule has 0 spiro atoms. The van der Waals surface area contributed by atoms with Crippen molar-refractivity contribution in [3.63, 3.8) is 0 Å². The lowest BCUT2D eigenvalue weighted by atomic mass is 10.2. The van der Waals surface area contributed by atoms with Gasteiger partial charge in [0.15, 0.2) is 0 Å². The van der Waals surface area contributed by atoms with E-state index in [4.69, 9.17) is 10.8 Å². The Kier molecular flexibility index (Phi) is 1.89. The molecule has 11 heavy (non-hydrogen) atoms. The van der Waals surface area contributed by atoms with Crippen LogP contribution in [0.2, 0.25) is 0 Å². The largest absolute Gasteiger partial charge is 0.506 e. The number of hydrogen-bond acceptors (Lipinski definition) is 3. The molecule has 0 radical (unpaired) electrons. The summed E-state index contributed by atoms with van der Waals surface area (Å²) in [6.07, 6.45) is -1.68. The third kappa shape index (κ3) is 1.54. The molecule has 0 unspecified atom stereocenters. The number of nitrogens with zero attached hydrogens (tertiary/aromatic N) is 1. The summed E-state index contributed by atoms with van der Waals surface area (Å²) in [7, 11) is 0. The maximum atomic E-state index is 12.0. The topological polar surface area (TPSA) is 59.1 Å². The van der Waals surface area contributed by atoms with Crippen molar-refractivity contribution in [1.29, 1.82) is 0 Å². The molecule has 0 amide bonds. The fourth-order valence-corrected chi connectivity index (χ4v) is 0.656. The fourth-order valence-electron chi connectivity index (χ4n) is 0.656. The predicted octanol–water partition coefficient (Wildman–Crippen LogP) is 1.31. The van der Waals surface area contributed by atoms with Gasteiger partial charge in [-0.2, -0.15) is 0 Å². The van der Waals surface area contributed by atoms with Crippen LogP contribution in [0.5, 0.6) is 5.75 Å². The predicted molar refractivity (Wildman–Crippen MR) is 35.3 cm³/mol. The second-order valence-corrected chi connectivity index (χ2v) is 1.97. The number of nitrogens with two attached hydrogens (primary N) is 1. The third-order valence-corrected chi connectivity index (χ3v) is 1.17. The minimum Gasteiger partial charge on any atom is -0.506 e. The minimum atomic E-state index is -2.70. The van der Waals surface area contributed by atoms with Crippen LogP contribution in [0.3, 0.4) is 0 Å². The standard InChI is InChI=1S/C6H6F2N2O/c7-5(8)4-1-3(11)2-10-6(4)9/h1-2,5,11H,(H2,9,10). The molecule has 0 atom stereocenters. The molecule has 3 N–H and O–H groups in total. The van der Waals surface area contributed by atoms with Gasteiger partial charge in [-0.05, 0) is 6.07 Å². The highest BCUT2D eigenvalue weighted by Gasteiger charge is 2.12. The Labute approximate surface area is 61.5 Å². The van der Waals surface area contributed by atoms with Gasteiger partial charge >= 0.3 is 0 Å². The summed E-state index contributed by atoms with van der Waals surface area (Å²) in [6.45, 7) is 0. The monoisotopic (exact) mass is 160 g/mol. The van der Waals surface area contributed by atoms with Gasteiger partial charge < -0.3 is 10.8 Å². The van der Waals surface area contributed by atoms with Gasteiger partial charge in [0.25, 0.3) is 6.43 Å². The van der Waals surface area contributed by atoms with E-state index in [1.807, 2.05) is 0 Å². The van der Waals surface area contributed by atoms with E-state index in [9.17, 15) is 8.78 Å². The third-order valence-electron chi connectivity index (χ3n) is 1.17. The molecule has 0 aliphatic carbocycles. The van der Waals surface area contributed by atoms with Crippen LogP contribution in [0.4, 0.5) is 14.6 Å². The van der Waals surface area contributed by atoms with Crippen LogP contribution in [-0.4, -0.2) is 10.1 Å². The molecule has 1 aromatic heterocycles. The van der Waals surface area contributed by atoms with E-state index >= 15 is 0 Å². The zero-order chi connectivity index (χ0) is 8.43. The average molecular weight is 160 g/mol. The van der Waals surface area contributed by atoms with Crippen molar-refractivity contribution < 1.29 is 13.9 Å². The molecular weight excluding hydrogens is 154 g/mol. The first-order valence-electron chi connectivity index (χ1n) is 2.84. The highest BCUT2D eigenvalue weighted by Crippen LogP contribution is 2.25. The molecular formula is C6H6F2N2O.